The molecule has 0 saturated heterocycles. The molecule has 0 fully saturated rings. The summed E-state index contributed by atoms with van der Waals surface area (Å²) < 4.78 is 26.8. The van der Waals surface area contributed by atoms with E-state index in [-0.39, 0.29) is 21.3 Å². The lowest BCUT2D eigenvalue weighted by atomic mass is 10.2. The van der Waals surface area contributed by atoms with Crippen LogP contribution < -0.4 is 5.32 Å². The molecule has 0 aromatic heterocycles. The zero-order valence-corrected chi connectivity index (χ0v) is 12.2. The van der Waals surface area contributed by atoms with Crippen LogP contribution in [-0.2, 0) is 0 Å². The van der Waals surface area contributed by atoms with E-state index < -0.39 is 17.5 Å². The number of hydrogen-bond acceptors (Lipinski definition) is 2. The number of halogens is 4. The Morgan fingerprint density at radius 3 is 2.30 bits per heavy atom. The van der Waals surface area contributed by atoms with Crippen LogP contribution in [0.2, 0.25) is 10.0 Å². The Labute approximate surface area is 129 Å². The van der Waals surface area contributed by atoms with Gasteiger partial charge in [0.25, 0.3) is 5.91 Å². The summed E-state index contributed by atoms with van der Waals surface area (Å²) in [4.78, 5) is 12.4. The maximum Gasteiger partial charge on any atom is 0.258 e. The molecular formula is C13H7Cl2F2NOS. The quantitative estimate of drug-likeness (QED) is 0.599. The van der Waals surface area contributed by atoms with Gasteiger partial charge in [-0.15, -0.1) is 12.6 Å². The highest BCUT2D eigenvalue weighted by molar-refractivity contribution is 7.80. The van der Waals surface area contributed by atoms with Gasteiger partial charge in [0.1, 0.15) is 5.82 Å². The number of rotatable bonds is 2. The highest BCUT2D eigenvalue weighted by atomic mass is 35.5. The number of nitrogens with one attached hydrogen (secondary N) is 1. The van der Waals surface area contributed by atoms with Crippen LogP contribution in [0.5, 0.6) is 0 Å². The fraction of sp³-hybridized carbons (Fsp3) is 0. The zero-order valence-electron chi connectivity index (χ0n) is 9.75. The molecule has 0 saturated carbocycles. The molecule has 2 rings (SSSR count). The molecule has 104 valence electrons. The molecule has 2 nitrogen and oxygen atoms in total. The molecule has 1 N–H and O–H groups in total. The topological polar surface area (TPSA) is 29.1 Å². The average molecular weight is 334 g/mol. The molecule has 0 aliphatic rings. The molecule has 1 amide bonds. The second-order valence-electron chi connectivity index (χ2n) is 3.87. The van der Waals surface area contributed by atoms with Gasteiger partial charge in [0.05, 0.1) is 15.6 Å². The standard InChI is InChI=1S/C13H7Cl2F2NOS/c14-9-3-6(4-10(15)12(9)17)18-13(19)8-5-7(20)1-2-11(8)16/h1-5,20H,(H,18,19). The lowest BCUT2D eigenvalue weighted by Crippen LogP contribution is -2.14. The van der Waals surface area contributed by atoms with Crippen LogP contribution in [0.1, 0.15) is 10.4 Å². The Bertz CT molecular complexity index is 671. The molecular weight excluding hydrogens is 327 g/mol. The van der Waals surface area contributed by atoms with E-state index in [9.17, 15) is 13.6 Å². The number of anilines is 1. The van der Waals surface area contributed by atoms with Gasteiger partial charge in [-0.3, -0.25) is 4.79 Å². The van der Waals surface area contributed by atoms with Crippen molar-refractivity contribution in [1.82, 2.24) is 0 Å². The van der Waals surface area contributed by atoms with E-state index in [2.05, 4.69) is 17.9 Å². The summed E-state index contributed by atoms with van der Waals surface area (Å²) >= 11 is 15.2. The number of thiol groups is 1. The first-order chi connectivity index (χ1) is 9.38. The first-order valence-electron chi connectivity index (χ1n) is 5.33. The van der Waals surface area contributed by atoms with Crippen molar-refractivity contribution in [2.45, 2.75) is 4.90 Å². The molecule has 20 heavy (non-hydrogen) atoms. The fourth-order valence-corrected chi connectivity index (χ4v) is 2.20. The predicted octanol–water partition coefficient (Wildman–Crippen LogP) is 4.81. The molecule has 0 aliphatic carbocycles. The summed E-state index contributed by atoms with van der Waals surface area (Å²) in [6, 6.07) is 6.19. The summed E-state index contributed by atoms with van der Waals surface area (Å²) in [7, 11) is 0. The van der Waals surface area contributed by atoms with Crippen molar-refractivity contribution in [2.75, 3.05) is 5.32 Å². The fourth-order valence-electron chi connectivity index (χ4n) is 1.51. The van der Waals surface area contributed by atoms with Crippen molar-refractivity contribution in [1.29, 1.82) is 0 Å². The van der Waals surface area contributed by atoms with E-state index in [0.717, 1.165) is 6.07 Å². The van der Waals surface area contributed by atoms with Crippen molar-refractivity contribution in [3.63, 3.8) is 0 Å². The molecule has 0 aliphatic heterocycles. The number of carbonyl (C=O) groups is 1. The number of amides is 1. The van der Waals surface area contributed by atoms with Gasteiger partial charge < -0.3 is 5.32 Å². The minimum absolute atomic E-state index is 0.162. The minimum atomic E-state index is -0.783. The third kappa shape index (κ3) is 3.23. The molecule has 2 aromatic rings. The Balaban J connectivity index is 2.30. The van der Waals surface area contributed by atoms with E-state index in [1.165, 1.54) is 24.3 Å². The minimum Gasteiger partial charge on any atom is -0.322 e. The normalized spacial score (nSPS) is 10.4. The second kappa shape index (κ2) is 5.99. The molecule has 0 radical (unpaired) electrons. The van der Waals surface area contributed by atoms with Crippen molar-refractivity contribution < 1.29 is 13.6 Å². The number of benzene rings is 2. The van der Waals surface area contributed by atoms with Gasteiger partial charge in [0, 0.05) is 10.6 Å². The number of hydrogen-bond donors (Lipinski definition) is 2. The van der Waals surface area contributed by atoms with E-state index in [1.807, 2.05) is 0 Å². The molecule has 0 atom stereocenters. The molecule has 0 unspecified atom stereocenters. The van der Waals surface area contributed by atoms with Gasteiger partial charge in [-0.1, -0.05) is 23.2 Å². The van der Waals surface area contributed by atoms with Crippen LogP contribution in [0.4, 0.5) is 14.5 Å². The average Bonchev–Trinajstić information content (AvgIpc) is 2.38. The monoisotopic (exact) mass is 333 g/mol. The molecule has 0 bridgehead atoms. The van der Waals surface area contributed by atoms with Gasteiger partial charge in [0.15, 0.2) is 5.82 Å². The summed E-state index contributed by atoms with van der Waals surface area (Å²) in [5, 5.41) is 1.91. The van der Waals surface area contributed by atoms with Crippen molar-refractivity contribution in [3.8, 4) is 0 Å². The van der Waals surface area contributed by atoms with Crippen LogP contribution in [0.25, 0.3) is 0 Å². The molecule has 0 spiro atoms. The Morgan fingerprint density at radius 1 is 1.10 bits per heavy atom. The molecule has 2 aromatic carbocycles. The molecule has 7 heteroatoms. The van der Waals surface area contributed by atoms with Crippen LogP contribution in [-0.4, -0.2) is 5.91 Å². The Morgan fingerprint density at radius 2 is 1.70 bits per heavy atom. The van der Waals surface area contributed by atoms with Crippen molar-refractivity contribution >= 4 is 47.4 Å². The lowest BCUT2D eigenvalue weighted by Gasteiger charge is -2.08. The van der Waals surface area contributed by atoms with Gasteiger partial charge in [-0.25, -0.2) is 8.78 Å². The second-order valence-corrected chi connectivity index (χ2v) is 5.20. The maximum atomic E-state index is 13.5. The van der Waals surface area contributed by atoms with Gasteiger partial charge >= 0.3 is 0 Å². The van der Waals surface area contributed by atoms with E-state index in [0.29, 0.717) is 4.90 Å². The van der Waals surface area contributed by atoms with Crippen LogP contribution in [0.3, 0.4) is 0 Å². The first kappa shape index (κ1) is 15.1. The highest BCUT2D eigenvalue weighted by Crippen LogP contribution is 2.27. The van der Waals surface area contributed by atoms with Gasteiger partial charge in [-0.2, -0.15) is 0 Å². The lowest BCUT2D eigenvalue weighted by molar-refractivity contribution is 0.102. The predicted molar refractivity (Wildman–Crippen MR) is 78.0 cm³/mol. The third-order valence-corrected chi connectivity index (χ3v) is 3.26. The Kier molecular flexibility index (Phi) is 4.52. The van der Waals surface area contributed by atoms with Crippen LogP contribution in [0, 0.1) is 11.6 Å². The summed E-state index contributed by atoms with van der Waals surface area (Å²) in [6.45, 7) is 0. The van der Waals surface area contributed by atoms with Gasteiger partial charge in [0.2, 0.25) is 0 Å². The number of carbonyl (C=O) groups excluding carboxylic acids is 1. The Hall–Kier alpha value is -1.30. The summed E-state index contributed by atoms with van der Waals surface area (Å²) in [5.41, 5.74) is -0.0237. The van der Waals surface area contributed by atoms with E-state index >= 15 is 0 Å². The van der Waals surface area contributed by atoms with Crippen molar-refractivity contribution in [3.05, 3.63) is 57.6 Å². The smallest absolute Gasteiger partial charge is 0.258 e. The third-order valence-electron chi connectivity index (χ3n) is 2.44. The maximum absolute atomic E-state index is 13.5. The highest BCUT2D eigenvalue weighted by Gasteiger charge is 2.14. The first-order valence-corrected chi connectivity index (χ1v) is 6.53. The summed E-state index contributed by atoms with van der Waals surface area (Å²) in [6.07, 6.45) is 0. The van der Waals surface area contributed by atoms with Crippen LogP contribution >= 0.6 is 35.8 Å². The van der Waals surface area contributed by atoms with Gasteiger partial charge in [-0.05, 0) is 30.3 Å². The SMILES string of the molecule is O=C(Nc1cc(Cl)c(F)c(Cl)c1)c1cc(S)ccc1F. The molecule has 0 heterocycles. The van der Waals surface area contributed by atoms with E-state index in [1.54, 1.807) is 0 Å². The summed E-state index contributed by atoms with van der Waals surface area (Å²) in [5.74, 6) is -2.19. The zero-order chi connectivity index (χ0) is 14.9. The van der Waals surface area contributed by atoms with E-state index in [4.69, 9.17) is 23.2 Å². The van der Waals surface area contributed by atoms with Crippen LogP contribution in [0.15, 0.2) is 35.2 Å². The largest absolute Gasteiger partial charge is 0.322 e. The van der Waals surface area contributed by atoms with Crippen molar-refractivity contribution in [2.24, 2.45) is 0 Å².